The summed E-state index contributed by atoms with van der Waals surface area (Å²) in [7, 11) is 1.74. The second-order valence-electron chi connectivity index (χ2n) is 5.23. The first kappa shape index (κ1) is 16.3. The zero-order valence-corrected chi connectivity index (χ0v) is 13.8. The van der Waals surface area contributed by atoms with E-state index < -0.39 is 0 Å². The maximum Gasteiger partial charge on any atom is 0.225 e. The van der Waals surface area contributed by atoms with Crippen LogP contribution in [0.5, 0.6) is 0 Å². The highest BCUT2D eigenvalue weighted by Gasteiger charge is 2.20. The number of aryl methyl sites for hydroxylation is 1. The first-order valence-electron chi connectivity index (χ1n) is 7.05. The number of nitrogens with one attached hydrogen (secondary N) is 1. The van der Waals surface area contributed by atoms with Gasteiger partial charge in [-0.15, -0.1) is 11.3 Å². The molecular formula is C16H20N2O3S. The highest BCUT2D eigenvalue weighted by molar-refractivity contribution is 7.10. The Morgan fingerprint density at radius 2 is 2.14 bits per heavy atom. The van der Waals surface area contributed by atoms with Gasteiger partial charge in [0.15, 0.2) is 0 Å². The number of rotatable bonds is 6. The molecule has 6 heteroatoms. The Kier molecular flexibility index (Phi) is 5.38. The van der Waals surface area contributed by atoms with Crippen LogP contribution in [-0.2, 0) is 16.1 Å². The van der Waals surface area contributed by atoms with Crippen molar-refractivity contribution in [3.63, 3.8) is 0 Å². The molecular weight excluding hydrogens is 300 g/mol. The van der Waals surface area contributed by atoms with Crippen molar-refractivity contribution in [2.24, 2.45) is 0 Å². The van der Waals surface area contributed by atoms with Gasteiger partial charge in [-0.2, -0.15) is 0 Å². The number of nitrogens with zero attached hydrogens (tertiary/aromatic N) is 1. The molecule has 2 rings (SSSR count). The van der Waals surface area contributed by atoms with Gasteiger partial charge in [0.05, 0.1) is 19.0 Å². The molecule has 0 bridgehead atoms. The number of furan rings is 1. The minimum absolute atomic E-state index is 0.0406. The lowest BCUT2D eigenvalue weighted by Crippen LogP contribution is -2.33. The molecule has 0 aliphatic carbocycles. The zero-order chi connectivity index (χ0) is 16.1. The third-order valence-corrected chi connectivity index (χ3v) is 4.24. The van der Waals surface area contributed by atoms with E-state index in [2.05, 4.69) is 5.32 Å². The van der Waals surface area contributed by atoms with Gasteiger partial charge in [-0.25, -0.2) is 0 Å². The van der Waals surface area contributed by atoms with E-state index in [1.165, 1.54) is 18.3 Å². The first-order valence-corrected chi connectivity index (χ1v) is 7.93. The smallest absolute Gasteiger partial charge is 0.225 e. The first-order chi connectivity index (χ1) is 10.5. The molecule has 1 N–H and O–H groups in total. The molecule has 118 valence electrons. The fraction of sp³-hybridized carbons (Fsp3) is 0.375. The minimum atomic E-state index is -0.286. The lowest BCUT2D eigenvalue weighted by molar-refractivity contribution is -0.131. The van der Waals surface area contributed by atoms with Gasteiger partial charge < -0.3 is 14.6 Å². The van der Waals surface area contributed by atoms with E-state index >= 15 is 0 Å². The van der Waals surface area contributed by atoms with Gasteiger partial charge in [-0.3, -0.25) is 9.59 Å². The highest BCUT2D eigenvalue weighted by atomic mass is 32.1. The average molecular weight is 320 g/mol. The molecule has 2 amide bonds. The molecule has 0 spiro atoms. The Morgan fingerprint density at radius 1 is 1.36 bits per heavy atom. The number of thiophene rings is 1. The summed E-state index contributed by atoms with van der Waals surface area (Å²) in [6.45, 7) is 3.75. The van der Waals surface area contributed by atoms with Crippen LogP contribution in [0.3, 0.4) is 0 Å². The summed E-state index contributed by atoms with van der Waals surface area (Å²) in [5.41, 5.74) is 0. The third-order valence-electron chi connectivity index (χ3n) is 3.26. The molecule has 0 aliphatic rings. The SMILES string of the molecule is CC(=O)N[C@@H](CC(=O)N(C)Cc1ccc(C)o1)c1cccs1. The van der Waals surface area contributed by atoms with E-state index in [-0.39, 0.29) is 24.3 Å². The Bertz CT molecular complexity index is 634. The molecule has 0 aromatic carbocycles. The Morgan fingerprint density at radius 3 is 2.68 bits per heavy atom. The normalized spacial score (nSPS) is 12.0. The van der Waals surface area contributed by atoms with Crippen LogP contribution >= 0.6 is 11.3 Å². The second-order valence-corrected chi connectivity index (χ2v) is 6.21. The van der Waals surface area contributed by atoms with Crippen LogP contribution in [-0.4, -0.2) is 23.8 Å². The molecule has 2 heterocycles. The molecule has 22 heavy (non-hydrogen) atoms. The van der Waals surface area contributed by atoms with Crippen molar-refractivity contribution in [2.75, 3.05) is 7.05 Å². The van der Waals surface area contributed by atoms with Crippen molar-refractivity contribution < 1.29 is 14.0 Å². The molecule has 2 aromatic heterocycles. The highest BCUT2D eigenvalue weighted by Crippen LogP contribution is 2.23. The summed E-state index contributed by atoms with van der Waals surface area (Å²) in [6, 6.07) is 7.29. The van der Waals surface area contributed by atoms with E-state index in [9.17, 15) is 9.59 Å². The minimum Gasteiger partial charge on any atom is -0.464 e. The Hall–Kier alpha value is -2.08. The zero-order valence-electron chi connectivity index (χ0n) is 13.0. The van der Waals surface area contributed by atoms with Crippen molar-refractivity contribution in [3.8, 4) is 0 Å². The largest absolute Gasteiger partial charge is 0.464 e. The predicted molar refractivity (Wildman–Crippen MR) is 85.4 cm³/mol. The molecule has 2 aromatic rings. The van der Waals surface area contributed by atoms with E-state index in [1.54, 1.807) is 11.9 Å². The standard InChI is InChI=1S/C16H20N2O3S/c1-11-6-7-13(21-11)10-18(3)16(20)9-14(17-12(2)19)15-5-4-8-22-15/h4-8,14H,9-10H2,1-3H3,(H,17,19)/t14-/m0/s1. The van der Waals surface area contributed by atoms with Crippen molar-refractivity contribution in [1.82, 2.24) is 10.2 Å². The number of carbonyl (C=O) groups excluding carboxylic acids is 2. The maximum atomic E-state index is 12.4. The molecule has 0 saturated carbocycles. The number of hydrogen-bond acceptors (Lipinski definition) is 4. The number of hydrogen-bond donors (Lipinski definition) is 1. The van der Waals surface area contributed by atoms with Crippen molar-refractivity contribution >= 4 is 23.2 Å². The van der Waals surface area contributed by atoms with Crippen LogP contribution in [0.15, 0.2) is 34.1 Å². The Labute approximate surface area is 133 Å². The Balaban J connectivity index is 1.99. The summed E-state index contributed by atoms with van der Waals surface area (Å²) >= 11 is 1.53. The fourth-order valence-electron chi connectivity index (χ4n) is 2.18. The summed E-state index contributed by atoms with van der Waals surface area (Å²) in [5.74, 6) is 1.39. The van der Waals surface area contributed by atoms with Gasteiger partial charge in [0.1, 0.15) is 11.5 Å². The predicted octanol–water partition coefficient (Wildman–Crippen LogP) is 2.88. The van der Waals surface area contributed by atoms with Gasteiger partial charge in [-0.05, 0) is 30.5 Å². The van der Waals surface area contributed by atoms with Crippen LogP contribution < -0.4 is 5.32 Å². The molecule has 1 atom stereocenters. The number of carbonyl (C=O) groups is 2. The van der Waals surface area contributed by atoms with Crippen LogP contribution in [0.2, 0.25) is 0 Å². The van der Waals surface area contributed by atoms with Crippen LogP contribution in [0.1, 0.15) is 35.8 Å². The van der Waals surface area contributed by atoms with Gasteiger partial charge >= 0.3 is 0 Å². The van der Waals surface area contributed by atoms with E-state index in [1.807, 2.05) is 36.6 Å². The summed E-state index contributed by atoms with van der Waals surface area (Å²) in [4.78, 5) is 26.3. The molecule has 0 fully saturated rings. The van der Waals surface area contributed by atoms with Crippen LogP contribution in [0.25, 0.3) is 0 Å². The van der Waals surface area contributed by atoms with Crippen LogP contribution in [0, 0.1) is 6.92 Å². The monoisotopic (exact) mass is 320 g/mol. The molecule has 0 unspecified atom stereocenters. The topological polar surface area (TPSA) is 62.6 Å². The maximum absolute atomic E-state index is 12.4. The summed E-state index contributed by atoms with van der Waals surface area (Å²) in [6.07, 6.45) is 0.232. The lowest BCUT2D eigenvalue weighted by Gasteiger charge is -2.21. The van der Waals surface area contributed by atoms with Crippen molar-refractivity contribution in [2.45, 2.75) is 32.9 Å². The second kappa shape index (κ2) is 7.26. The fourth-order valence-corrected chi connectivity index (χ4v) is 2.96. The van der Waals surface area contributed by atoms with Crippen LogP contribution in [0.4, 0.5) is 0 Å². The van der Waals surface area contributed by atoms with E-state index in [0.717, 1.165) is 16.4 Å². The van der Waals surface area contributed by atoms with Crippen molar-refractivity contribution in [3.05, 3.63) is 46.0 Å². The third kappa shape index (κ3) is 4.46. The van der Waals surface area contributed by atoms with Gasteiger partial charge in [0.2, 0.25) is 11.8 Å². The number of amides is 2. The van der Waals surface area contributed by atoms with E-state index in [4.69, 9.17) is 4.42 Å². The lowest BCUT2D eigenvalue weighted by atomic mass is 10.1. The molecule has 0 saturated heterocycles. The van der Waals surface area contributed by atoms with E-state index in [0.29, 0.717) is 6.54 Å². The van der Waals surface area contributed by atoms with Crippen molar-refractivity contribution in [1.29, 1.82) is 0 Å². The van der Waals surface area contributed by atoms with Gasteiger partial charge in [0, 0.05) is 18.8 Å². The molecule has 0 aliphatic heterocycles. The van der Waals surface area contributed by atoms with Gasteiger partial charge in [0.25, 0.3) is 0 Å². The summed E-state index contributed by atoms with van der Waals surface area (Å²) < 4.78 is 5.48. The quantitative estimate of drug-likeness (QED) is 0.890. The average Bonchev–Trinajstić information content (AvgIpc) is 3.09. The molecule has 5 nitrogen and oxygen atoms in total. The van der Waals surface area contributed by atoms with Gasteiger partial charge in [-0.1, -0.05) is 6.07 Å². The molecule has 0 radical (unpaired) electrons. The summed E-state index contributed by atoms with van der Waals surface area (Å²) in [5, 5.41) is 4.77.